The number of aliphatic imine (C=N–C) groups is 1. The minimum absolute atomic E-state index is 0.157. The first-order valence-electron chi connectivity index (χ1n) is 9.42. The van der Waals surface area contributed by atoms with Crippen molar-refractivity contribution in [1.29, 1.82) is 0 Å². The van der Waals surface area contributed by atoms with Crippen molar-refractivity contribution in [2.75, 3.05) is 20.8 Å². The second-order valence-electron chi connectivity index (χ2n) is 6.61. The summed E-state index contributed by atoms with van der Waals surface area (Å²) >= 11 is 0. The van der Waals surface area contributed by atoms with Crippen LogP contribution in [0.1, 0.15) is 28.4 Å². The van der Waals surface area contributed by atoms with Gasteiger partial charge in [0.15, 0.2) is 5.96 Å². The van der Waals surface area contributed by atoms with Crippen LogP contribution in [0.2, 0.25) is 0 Å². The van der Waals surface area contributed by atoms with Crippen molar-refractivity contribution in [2.24, 2.45) is 16.5 Å². The van der Waals surface area contributed by atoms with Crippen molar-refractivity contribution >= 4 is 29.4 Å². The van der Waals surface area contributed by atoms with Crippen molar-refractivity contribution in [2.45, 2.75) is 12.5 Å². The van der Waals surface area contributed by atoms with Gasteiger partial charge in [-0.05, 0) is 35.9 Å². The molecule has 2 amide bonds. The molecule has 0 spiro atoms. The number of nitrogens with two attached hydrogens (primary N) is 2. The number of hydrogen-bond donors (Lipinski definition) is 4. The van der Waals surface area contributed by atoms with Gasteiger partial charge in [-0.15, -0.1) is 0 Å². The molecule has 0 saturated heterocycles. The second kappa shape index (κ2) is 11.2. The van der Waals surface area contributed by atoms with Crippen molar-refractivity contribution in [1.82, 2.24) is 10.6 Å². The number of amides is 2. The standard InChI is InChI=1S/C21H25N5O6/c1-31-15-7-13(8-16(9-15)32-2)17(10-19(28)29)26-18(27)11-24-20(30)12-4-3-5-14(6-12)25-21(22)23/h3-9,17H,10-11H2,1-2H3,(H,24,30)(H,26,27)(H,28,29)(H4,22,23,25)/p-1. The van der Waals surface area contributed by atoms with Gasteiger partial charge in [0, 0.05) is 24.0 Å². The summed E-state index contributed by atoms with van der Waals surface area (Å²) in [5.41, 5.74) is 11.7. The van der Waals surface area contributed by atoms with E-state index in [-0.39, 0.29) is 11.5 Å². The van der Waals surface area contributed by atoms with Gasteiger partial charge in [0.2, 0.25) is 5.91 Å². The van der Waals surface area contributed by atoms with E-state index in [9.17, 15) is 19.5 Å². The fourth-order valence-corrected chi connectivity index (χ4v) is 2.82. The minimum atomic E-state index is -1.36. The number of methoxy groups -OCH3 is 2. The van der Waals surface area contributed by atoms with E-state index in [0.717, 1.165) is 0 Å². The molecule has 0 bridgehead atoms. The Morgan fingerprint density at radius 1 is 1.06 bits per heavy atom. The highest BCUT2D eigenvalue weighted by Gasteiger charge is 2.18. The lowest BCUT2D eigenvalue weighted by Gasteiger charge is -2.21. The molecule has 0 radical (unpaired) electrons. The topological polar surface area (TPSA) is 181 Å². The molecule has 2 aromatic carbocycles. The molecule has 6 N–H and O–H groups in total. The number of nitrogens with one attached hydrogen (secondary N) is 2. The highest BCUT2D eigenvalue weighted by atomic mass is 16.5. The Kier molecular flexibility index (Phi) is 8.40. The van der Waals surface area contributed by atoms with E-state index in [0.29, 0.717) is 22.7 Å². The quantitative estimate of drug-likeness (QED) is 0.276. The molecule has 11 nitrogen and oxygen atoms in total. The molecule has 32 heavy (non-hydrogen) atoms. The van der Waals surface area contributed by atoms with Crippen molar-refractivity contribution in [3.63, 3.8) is 0 Å². The predicted octanol–water partition coefficient (Wildman–Crippen LogP) is -0.664. The number of carbonyl (C=O) groups is 3. The van der Waals surface area contributed by atoms with Crippen LogP contribution in [0.15, 0.2) is 47.5 Å². The van der Waals surface area contributed by atoms with Gasteiger partial charge >= 0.3 is 0 Å². The Balaban J connectivity index is 2.09. The van der Waals surface area contributed by atoms with E-state index in [4.69, 9.17) is 20.9 Å². The van der Waals surface area contributed by atoms with Gasteiger partial charge in [-0.25, -0.2) is 4.99 Å². The average molecular weight is 442 g/mol. The third-order valence-electron chi connectivity index (χ3n) is 4.26. The Bertz CT molecular complexity index is 997. The summed E-state index contributed by atoms with van der Waals surface area (Å²) < 4.78 is 10.4. The molecular weight excluding hydrogens is 418 g/mol. The molecule has 0 aliphatic carbocycles. The Hall–Kier alpha value is -4.28. The summed E-state index contributed by atoms with van der Waals surface area (Å²) in [4.78, 5) is 39.8. The van der Waals surface area contributed by atoms with Crippen molar-refractivity contribution < 1.29 is 29.0 Å². The number of guanidine groups is 1. The molecular formula is C21H24N5O6-. The number of benzene rings is 2. The van der Waals surface area contributed by atoms with E-state index < -0.39 is 36.8 Å². The fourth-order valence-electron chi connectivity index (χ4n) is 2.82. The number of carboxylic acids is 1. The van der Waals surface area contributed by atoms with E-state index in [2.05, 4.69) is 15.6 Å². The average Bonchev–Trinajstić information content (AvgIpc) is 2.76. The molecule has 1 unspecified atom stereocenters. The Labute approximate surface area is 184 Å². The molecule has 0 aliphatic heterocycles. The van der Waals surface area contributed by atoms with Crippen LogP contribution in [0, 0.1) is 0 Å². The summed E-state index contributed by atoms with van der Waals surface area (Å²) in [7, 11) is 2.89. The fraction of sp³-hybridized carbons (Fsp3) is 0.238. The smallest absolute Gasteiger partial charge is 0.251 e. The summed E-state index contributed by atoms with van der Waals surface area (Å²) in [6, 6.07) is 10.00. The molecule has 2 aromatic rings. The molecule has 170 valence electrons. The first kappa shape index (κ1) is 24.0. The number of ether oxygens (including phenoxy) is 2. The van der Waals surface area contributed by atoms with Crippen LogP contribution in [0.5, 0.6) is 11.5 Å². The molecule has 2 rings (SSSR count). The van der Waals surface area contributed by atoms with Gasteiger partial charge in [0.05, 0.1) is 32.5 Å². The maximum Gasteiger partial charge on any atom is 0.251 e. The number of hydrogen-bond acceptors (Lipinski definition) is 7. The van der Waals surface area contributed by atoms with E-state index >= 15 is 0 Å². The molecule has 0 saturated carbocycles. The highest BCUT2D eigenvalue weighted by Crippen LogP contribution is 2.28. The third kappa shape index (κ3) is 7.20. The monoisotopic (exact) mass is 442 g/mol. The third-order valence-corrected chi connectivity index (χ3v) is 4.26. The van der Waals surface area contributed by atoms with Crippen LogP contribution in [0.4, 0.5) is 5.69 Å². The highest BCUT2D eigenvalue weighted by molar-refractivity contribution is 5.97. The molecule has 0 heterocycles. The molecule has 0 fully saturated rings. The van der Waals surface area contributed by atoms with E-state index in [1.54, 1.807) is 30.3 Å². The maximum absolute atomic E-state index is 12.4. The van der Waals surface area contributed by atoms with Gasteiger partial charge in [-0.1, -0.05) is 6.07 Å². The SMILES string of the molecule is COc1cc(OC)cc(C(CC(=O)[O-])NC(=O)CNC(=O)c2cccc(N=C(N)N)c2)c1. The lowest BCUT2D eigenvalue weighted by atomic mass is 10.0. The molecule has 1 atom stereocenters. The van der Waals surface area contributed by atoms with E-state index in [1.807, 2.05) is 0 Å². The van der Waals surface area contributed by atoms with Gasteiger partial charge in [-0.3, -0.25) is 9.59 Å². The van der Waals surface area contributed by atoms with Crippen LogP contribution >= 0.6 is 0 Å². The van der Waals surface area contributed by atoms with Crippen LogP contribution in [-0.2, 0) is 9.59 Å². The minimum Gasteiger partial charge on any atom is -0.550 e. The zero-order valence-electron chi connectivity index (χ0n) is 17.6. The first-order valence-corrected chi connectivity index (χ1v) is 9.42. The van der Waals surface area contributed by atoms with E-state index in [1.165, 1.54) is 26.4 Å². The summed E-state index contributed by atoms with van der Waals surface area (Å²) in [5.74, 6) is -1.82. The molecule has 0 aromatic heterocycles. The predicted molar refractivity (Wildman–Crippen MR) is 114 cm³/mol. The number of aliphatic carboxylic acids is 1. The van der Waals surface area contributed by atoms with Crippen LogP contribution in [-0.4, -0.2) is 44.5 Å². The van der Waals surface area contributed by atoms with Crippen molar-refractivity contribution in [3.05, 3.63) is 53.6 Å². The lowest BCUT2D eigenvalue weighted by molar-refractivity contribution is -0.306. The number of carbonyl (C=O) groups excluding carboxylic acids is 3. The zero-order chi connectivity index (χ0) is 23.7. The lowest BCUT2D eigenvalue weighted by Crippen LogP contribution is -2.40. The molecule has 0 aliphatic rings. The van der Waals surface area contributed by atoms with Crippen LogP contribution in [0.25, 0.3) is 0 Å². The second-order valence-corrected chi connectivity index (χ2v) is 6.61. The summed E-state index contributed by atoms with van der Waals surface area (Å²) in [6.45, 7) is -0.393. The first-order chi connectivity index (χ1) is 15.2. The summed E-state index contributed by atoms with van der Waals surface area (Å²) in [5, 5.41) is 16.2. The van der Waals surface area contributed by atoms with Gasteiger partial charge in [0.1, 0.15) is 11.5 Å². The largest absolute Gasteiger partial charge is 0.550 e. The van der Waals surface area contributed by atoms with Gasteiger partial charge in [0.25, 0.3) is 5.91 Å². The molecule has 11 heteroatoms. The Morgan fingerprint density at radius 2 is 1.72 bits per heavy atom. The van der Waals surface area contributed by atoms with Crippen LogP contribution in [0.3, 0.4) is 0 Å². The van der Waals surface area contributed by atoms with Crippen LogP contribution < -0.4 is 36.7 Å². The van der Waals surface area contributed by atoms with Gasteiger partial charge < -0.3 is 41.5 Å². The number of carboxylic acid groups (broad SMARTS) is 1. The Morgan fingerprint density at radius 3 is 2.28 bits per heavy atom. The number of nitrogens with zero attached hydrogens (tertiary/aromatic N) is 1. The zero-order valence-corrected chi connectivity index (χ0v) is 17.6. The number of rotatable bonds is 10. The normalized spacial score (nSPS) is 11.1. The van der Waals surface area contributed by atoms with Crippen molar-refractivity contribution in [3.8, 4) is 11.5 Å². The maximum atomic E-state index is 12.4. The van der Waals surface area contributed by atoms with Gasteiger partial charge in [-0.2, -0.15) is 0 Å². The summed E-state index contributed by atoms with van der Waals surface area (Å²) in [6.07, 6.45) is -0.490.